The zero-order valence-corrected chi connectivity index (χ0v) is 20.3. The van der Waals surface area contributed by atoms with E-state index in [9.17, 15) is 0 Å². The molecule has 1 fully saturated rings. The van der Waals surface area contributed by atoms with Crippen molar-refractivity contribution in [1.29, 1.82) is 0 Å². The number of hydrogen-bond acceptors (Lipinski definition) is 5. The lowest BCUT2D eigenvalue weighted by Gasteiger charge is -2.11. The molecule has 0 aliphatic heterocycles. The molecule has 1 aliphatic rings. The van der Waals surface area contributed by atoms with Crippen LogP contribution in [0.4, 0.5) is 0 Å². The van der Waals surface area contributed by atoms with Crippen molar-refractivity contribution in [2.24, 2.45) is 5.92 Å². The van der Waals surface area contributed by atoms with Gasteiger partial charge in [-0.05, 0) is 74.1 Å². The van der Waals surface area contributed by atoms with Crippen LogP contribution in [0.3, 0.4) is 0 Å². The third-order valence-electron chi connectivity index (χ3n) is 6.91. The molecule has 3 aromatic carbocycles. The predicted molar refractivity (Wildman–Crippen MR) is 136 cm³/mol. The molecule has 0 radical (unpaired) electrons. The van der Waals surface area contributed by atoms with Gasteiger partial charge in [-0.1, -0.05) is 62.1 Å². The van der Waals surface area contributed by atoms with E-state index in [1.54, 1.807) is 0 Å². The number of furan rings is 1. The van der Waals surface area contributed by atoms with Gasteiger partial charge in [0.15, 0.2) is 5.82 Å². The fourth-order valence-electron chi connectivity index (χ4n) is 5.14. The van der Waals surface area contributed by atoms with Crippen molar-refractivity contribution in [2.45, 2.75) is 45.1 Å². The first-order valence-corrected chi connectivity index (χ1v) is 12.6. The lowest BCUT2D eigenvalue weighted by Crippen LogP contribution is -1.98. The first-order valence-electron chi connectivity index (χ1n) is 11.8. The second-order valence-corrected chi connectivity index (χ2v) is 9.84. The molecule has 1 aliphatic carbocycles. The predicted octanol–water partition coefficient (Wildman–Crippen LogP) is 7.23. The summed E-state index contributed by atoms with van der Waals surface area (Å²) in [5, 5.41) is 17.2. The van der Waals surface area contributed by atoms with Crippen LogP contribution in [0, 0.1) is 5.92 Å². The molecule has 2 aromatic heterocycles. The molecule has 1 N–H and O–H groups in total. The standard InChI is InChI=1S/C27H25BrN4O2/c28-26-20-13-10-19(15-18(20)11-14-24(26)33-16-25-29-31-32-30-25)27-22(12-9-17-5-1-2-6-17)21-7-3-4-8-23(21)34-27/h3-4,7-8,10-11,13-15,17H,1-2,5-6,9,12,16H2,(H,29,30,31,32). The van der Waals surface area contributed by atoms with Crippen molar-refractivity contribution in [3.05, 3.63) is 70.5 Å². The summed E-state index contributed by atoms with van der Waals surface area (Å²) in [5.41, 5.74) is 3.41. The summed E-state index contributed by atoms with van der Waals surface area (Å²) in [5.74, 6) is 3.17. The fourth-order valence-corrected chi connectivity index (χ4v) is 5.75. The van der Waals surface area contributed by atoms with E-state index in [2.05, 4.69) is 79.0 Å². The maximum absolute atomic E-state index is 6.42. The molecule has 172 valence electrons. The smallest absolute Gasteiger partial charge is 0.186 e. The molecule has 0 atom stereocenters. The molecule has 34 heavy (non-hydrogen) atoms. The average Bonchev–Trinajstić information content (AvgIpc) is 3.63. The Labute approximate surface area is 205 Å². The summed E-state index contributed by atoms with van der Waals surface area (Å²) in [7, 11) is 0. The van der Waals surface area contributed by atoms with Gasteiger partial charge in [0, 0.05) is 16.5 Å². The van der Waals surface area contributed by atoms with E-state index in [1.165, 1.54) is 43.1 Å². The molecule has 1 saturated carbocycles. The van der Waals surface area contributed by atoms with E-state index in [0.717, 1.165) is 50.2 Å². The van der Waals surface area contributed by atoms with E-state index in [1.807, 2.05) is 12.1 Å². The fraction of sp³-hybridized carbons (Fsp3) is 0.296. The van der Waals surface area contributed by atoms with Crippen LogP contribution in [0.5, 0.6) is 5.75 Å². The van der Waals surface area contributed by atoms with E-state index >= 15 is 0 Å². The number of para-hydroxylation sites is 1. The number of nitrogens with one attached hydrogen (secondary N) is 1. The van der Waals surface area contributed by atoms with Gasteiger partial charge in [0.1, 0.15) is 23.7 Å². The van der Waals surface area contributed by atoms with Gasteiger partial charge < -0.3 is 9.15 Å². The quantitative estimate of drug-likeness (QED) is 0.247. The van der Waals surface area contributed by atoms with Crippen LogP contribution in [-0.4, -0.2) is 20.6 Å². The number of halogens is 1. The van der Waals surface area contributed by atoms with E-state index in [-0.39, 0.29) is 6.61 Å². The summed E-state index contributed by atoms with van der Waals surface area (Å²) in [6.07, 6.45) is 7.78. The first-order chi connectivity index (χ1) is 16.8. The van der Waals surface area contributed by atoms with Crippen molar-refractivity contribution in [3.63, 3.8) is 0 Å². The number of aryl methyl sites for hydroxylation is 1. The third-order valence-corrected chi connectivity index (χ3v) is 7.73. The maximum Gasteiger partial charge on any atom is 0.186 e. The lowest BCUT2D eigenvalue weighted by molar-refractivity contribution is 0.294. The number of hydrogen-bond donors (Lipinski definition) is 1. The third kappa shape index (κ3) is 4.09. The van der Waals surface area contributed by atoms with Crippen LogP contribution < -0.4 is 4.74 Å². The topological polar surface area (TPSA) is 76.8 Å². The first kappa shape index (κ1) is 21.4. The second kappa shape index (κ2) is 9.22. The van der Waals surface area contributed by atoms with Gasteiger partial charge in [0.25, 0.3) is 0 Å². The lowest BCUT2D eigenvalue weighted by atomic mass is 9.94. The Morgan fingerprint density at radius 2 is 1.91 bits per heavy atom. The molecule has 5 aromatic rings. The molecule has 2 heterocycles. The minimum absolute atomic E-state index is 0.276. The van der Waals surface area contributed by atoms with Gasteiger partial charge in [0.05, 0.1) is 4.47 Å². The van der Waals surface area contributed by atoms with Gasteiger partial charge in [0.2, 0.25) is 0 Å². The minimum Gasteiger partial charge on any atom is -0.484 e. The monoisotopic (exact) mass is 516 g/mol. The summed E-state index contributed by atoms with van der Waals surface area (Å²) in [4.78, 5) is 0. The molecule has 6 rings (SSSR count). The number of H-pyrrole nitrogens is 1. The molecule has 0 bridgehead atoms. The summed E-state index contributed by atoms with van der Waals surface area (Å²) >= 11 is 3.72. The SMILES string of the molecule is Brc1c(OCc2nnn[nH]2)ccc2cc(-c3oc4ccccc4c3CCC3CCCC3)ccc12. The van der Waals surface area contributed by atoms with Crippen LogP contribution in [0.15, 0.2) is 63.5 Å². The van der Waals surface area contributed by atoms with Gasteiger partial charge in [-0.15, -0.1) is 5.10 Å². The van der Waals surface area contributed by atoms with Crippen molar-refractivity contribution in [3.8, 4) is 17.1 Å². The molecule has 6 nitrogen and oxygen atoms in total. The minimum atomic E-state index is 0.276. The number of nitrogens with zero attached hydrogens (tertiary/aromatic N) is 3. The number of benzene rings is 3. The highest BCUT2D eigenvalue weighted by Crippen LogP contribution is 2.40. The average molecular weight is 517 g/mol. The molecule has 0 spiro atoms. The molecular weight excluding hydrogens is 492 g/mol. The van der Waals surface area contributed by atoms with Gasteiger partial charge >= 0.3 is 0 Å². The number of aromatic nitrogens is 4. The second-order valence-electron chi connectivity index (χ2n) is 9.05. The number of tetrazole rings is 1. The summed E-state index contributed by atoms with van der Waals surface area (Å²) in [6.45, 7) is 0.276. The zero-order chi connectivity index (χ0) is 22.9. The highest BCUT2D eigenvalue weighted by atomic mass is 79.9. The highest BCUT2D eigenvalue weighted by molar-refractivity contribution is 9.10. The largest absolute Gasteiger partial charge is 0.484 e. The Morgan fingerprint density at radius 1 is 1.03 bits per heavy atom. The van der Waals surface area contributed by atoms with E-state index in [0.29, 0.717) is 5.82 Å². The van der Waals surface area contributed by atoms with Crippen LogP contribution >= 0.6 is 15.9 Å². The normalized spacial score (nSPS) is 14.4. The van der Waals surface area contributed by atoms with Crippen molar-refractivity contribution in [1.82, 2.24) is 20.6 Å². The van der Waals surface area contributed by atoms with Crippen LogP contribution in [-0.2, 0) is 13.0 Å². The number of ether oxygens (including phenoxy) is 1. The Bertz CT molecular complexity index is 1440. The maximum atomic E-state index is 6.42. The number of aromatic amines is 1. The van der Waals surface area contributed by atoms with Crippen molar-refractivity contribution < 1.29 is 9.15 Å². The molecule has 0 amide bonds. The Morgan fingerprint density at radius 3 is 2.76 bits per heavy atom. The van der Waals surface area contributed by atoms with Gasteiger partial charge in [-0.25, -0.2) is 5.10 Å². The van der Waals surface area contributed by atoms with Crippen LogP contribution in [0.25, 0.3) is 33.1 Å². The van der Waals surface area contributed by atoms with Crippen LogP contribution in [0.2, 0.25) is 0 Å². The van der Waals surface area contributed by atoms with Gasteiger partial charge in [-0.2, -0.15) is 0 Å². The number of fused-ring (bicyclic) bond motifs is 2. The van der Waals surface area contributed by atoms with Gasteiger partial charge in [-0.3, -0.25) is 0 Å². The summed E-state index contributed by atoms with van der Waals surface area (Å²) in [6, 6.07) is 19.0. The molecule has 0 saturated heterocycles. The Kier molecular flexibility index (Phi) is 5.79. The van der Waals surface area contributed by atoms with Crippen molar-refractivity contribution >= 4 is 37.7 Å². The van der Waals surface area contributed by atoms with Crippen molar-refractivity contribution in [2.75, 3.05) is 0 Å². The van der Waals surface area contributed by atoms with Crippen LogP contribution in [0.1, 0.15) is 43.5 Å². The van der Waals surface area contributed by atoms with E-state index in [4.69, 9.17) is 9.15 Å². The Hall–Kier alpha value is -3.19. The Balaban J connectivity index is 1.33. The number of rotatable bonds is 7. The highest BCUT2D eigenvalue weighted by Gasteiger charge is 2.20. The molecular formula is C27H25BrN4O2. The zero-order valence-electron chi connectivity index (χ0n) is 18.8. The van der Waals surface area contributed by atoms with E-state index < -0.39 is 0 Å². The molecule has 0 unspecified atom stereocenters. The summed E-state index contributed by atoms with van der Waals surface area (Å²) < 4.78 is 13.2. The molecule has 7 heteroatoms.